The van der Waals surface area contributed by atoms with E-state index in [4.69, 9.17) is 4.42 Å². The molecule has 9 heteroatoms. The molecule has 35 heavy (non-hydrogen) atoms. The van der Waals surface area contributed by atoms with Crippen molar-refractivity contribution in [2.24, 2.45) is 0 Å². The van der Waals surface area contributed by atoms with Crippen molar-refractivity contribution in [1.82, 2.24) is 30.0 Å². The second kappa shape index (κ2) is 9.34. The van der Waals surface area contributed by atoms with Crippen LogP contribution in [0.15, 0.2) is 59.1 Å². The number of carbonyl (C=O) groups is 1. The second-order valence-corrected chi connectivity index (χ2v) is 8.82. The van der Waals surface area contributed by atoms with Crippen LogP contribution in [0.25, 0.3) is 34.3 Å². The Balaban J connectivity index is 1.40. The number of aromatic nitrogens is 4. The van der Waals surface area contributed by atoms with Gasteiger partial charge in [-0.3, -0.25) is 9.78 Å². The maximum absolute atomic E-state index is 15.0. The van der Waals surface area contributed by atoms with Crippen LogP contribution in [0.5, 0.6) is 0 Å². The van der Waals surface area contributed by atoms with E-state index in [0.717, 1.165) is 12.0 Å². The summed E-state index contributed by atoms with van der Waals surface area (Å²) >= 11 is 0. The van der Waals surface area contributed by atoms with E-state index in [1.165, 1.54) is 12.1 Å². The van der Waals surface area contributed by atoms with Crippen molar-refractivity contribution in [3.8, 4) is 34.3 Å². The molecule has 0 bridgehead atoms. The standard InChI is InChI=1S/C26H25FN6O2/c1-16-23(25-31-30-24(35-25)17-7-5-4-6-8-17)29-22(14-28-16)18-9-10-20(21(27)13-18)26(34)33-12-11-19(15-33)32(2)3/h4-10,13-14,19H,11-12,15H2,1-3H3/t19-/m1/s1. The summed E-state index contributed by atoms with van der Waals surface area (Å²) in [4.78, 5) is 25.7. The van der Waals surface area contributed by atoms with Gasteiger partial charge in [0.1, 0.15) is 11.5 Å². The molecular weight excluding hydrogens is 447 g/mol. The molecule has 4 aromatic rings. The van der Waals surface area contributed by atoms with Crippen molar-refractivity contribution in [1.29, 1.82) is 0 Å². The Kier molecular flexibility index (Phi) is 6.08. The number of hydrogen-bond donors (Lipinski definition) is 0. The average molecular weight is 473 g/mol. The number of hydrogen-bond acceptors (Lipinski definition) is 7. The van der Waals surface area contributed by atoms with E-state index >= 15 is 4.39 Å². The Morgan fingerprint density at radius 1 is 1.09 bits per heavy atom. The maximum Gasteiger partial charge on any atom is 0.268 e. The molecule has 1 aliphatic heterocycles. The van der Waals surface area contributed by atoms with E-state index in [2.05, 4.69) is 25.1 Å². The van der Waals surface area contributed by atoms with Crippen molar-refractivity contribution in [3.63, 3.8) is 0 Å². The minimum atomic E-state index is -0.589. The lowest BCUT2D eigenvalue weighted by atomic mass is 10.1. The first-order chi connectivity index (χ1) is 16.9. The number of aryl methyl sites for hydroxylation is 1. The molecule has 8 nitrogen and oxygen atoms in total. The number of amides is 1. The third kappa shape index (κ3) is 4.54. The van der Waals surface area contributed by atoms with Gasteiger partial charge in [0.15, 0.2) is 0 Å². The summed E-state index contributed by atoms with van der Waals surface area (Å²) in [6, 6.07) is 14.2. The predicted molar refractivity (Wildman–Crippen MR) is 129 cm³/mol. The smallest absolute Gasteiger partial charge is 0.268 e. The maximum atomic E-state index is 15.0. The van der Waals surface area contributed by atoms with E-state index in [1.807, 2.05) is 44.4 Å². The van der Waals surface area contributed by atoms with Crippen molar-refractivity contribution in [2.45, 2.75) is 19.4 Å². The van der Waals surface area contributed by atoms with Crippen LogP contribution in [0.2, 0.25) is 0 Å². The van der Waals surface area contributed by atoms with Gasteiger partial charge in [-0.1, -0.05) is 24.3 Å². The zero-order valence-corrected chi connectivity index (χ0v) is 19.8. The van der Waals surface area contributed by atoms with Crippen molar-refractivity contribution < 1.29 is 13.6 Å². The molecule has 3 heterocycles. The highest BCUT2D eigenvalue weighted by Gasteiger charge is 2.29. The number of nitrogens with zero attached hydrogens (tertiary/aromatic N) is 6. The van der Waals surface area contributed by atoms with Crippen molar-refractivity contribution >= 4 is 5.91 Å². The van der Waals surface area contributed by atoms with Gasteiger partial charge in [-0.2, -0.15) is 0 Å². The Morgan fingerprint density at radius 3 is 2.57 bits per heavy atom. The van der Waals surface area contributed by atoms with Gasteiger partial charge in [0.05, 0.1) is 23.1 Å². The summed E-state index contributed by atoms with van der Waals surface area (Å²) in [6.45, 7) is 3.00. The van der Waals surface area contributed by atoms with Crippen LogP contribution < -0.4 is 0 Å². The molecule has 0 saturated carbocycles. The quantitative estimate of drug-likeness (QED) is 0.432. The van der Waals surface area contributed by atoms with Crippen molar-refractivity contribution in [2.75, 3.05) is 27.2 Å². The van der Waals surface area contributed by atoms with Crippen LogP contribution in [0.1, 0.15) is 22.5 Å². The highest BCUT2D eigenvalue weighted by Crippen LogP contribution is 2.28. The largest absolute Gasteiger partial charge is 0.415 e. The first-order valence-electron chi connectivity index (χ1n) is 11.4. The van der Waals surface area contributed by atoms with Gasteiger partial charge in [0.2, 0.25) is 5.89 Å². The highest BCUT2D eigenvalue weighted by atomic mass is 19.1. The van der Waals surface area contributed by atoms with Crippen LogP contribution in [0, 0.1) is 12.7 Å². The first kappa shape index (κ1) is 22.8. The van der Waals surface area contributed by atoms with Gasteiger partial charge in [-0.25, -0.2) is 9.37 Å². The van der Waals surface area contributed by atoms with Gasteiger partial charge in [-0.05, 0) is 51.7 Å². The normalized spacial score (nSPS) is 15.7. The third-order valence-corrected chi connectivity index (χ3v) is 6.28. The summed E-state index contributed by atoms with van der Waals surface area (Å²) < 4.78 is 20.9. The van der Waals surface area contributed by atoms with Gasteiger partial charge in [0.25, 0.3) is 11.8 Å². The SMILES string of the molecule is Cc1ncc(-c2ccc(C(=O)N3CC[C@@H](N(C)C)C3)c(F)c2)nc1-c1nnc(-c2ccccc2)o1. The molecule has 1 atom stereocenters. The fourth-order valence-corrected chi connectivity index (χ4v) is 4.17. The van der Waals surface area contributed by atoms with Gasteiger partial charge < -0.3 is 14.2 Å². The van der Waals surface area contributed by atoms with Gasteiger partial charge in [-0.15, -0.1) is 10.2 Å². The average Bonchev–Trinajstić information content (AvgIpc) is 3.55. The number of halogens is 1. The monoisotopic (exact) mass is 472 g/mol. The lowest BCUT2D eigenvalue weighted by Gasteiger charge is -2.20. The number of carbonyl (C=O) groups excluding carboxylic acids is 1. The van der Waals surface area contributed by atoms with Crippen LogP contribution in [0.3, 0.4) is 0 Å². The molecule has 0 unspecified atom stereocenters. The molecule has 2 aromatic carbocycles. The molecule has 1 fully saturated rings. The van der Waals surface area contributed by atoms with E-state index in [-0.39, 0.29) is 23.4 Å². The Hall–Kier alpha value is -3.98. The van der Waals surface area contributed by atoms with Crippen LogP contribution in [-0.4, -0.2) is 69.1 Å². The van der Waals surface area contributed by atoms with Gasteiger partial charge in [0, 0.05) is 30.3 Å². The molecule has 1 aliphatic rings. The minimum Gasteiger partial charge on any atom is -0.415 e. The molecule has 1 saturated heterocycles. The summed E-state index contributed by atoms with van der Waals surface area (Å²) in [5, 5.41) is 8.24. The minimum absolute atomic E-state index is 0.0536. The lowest BCUT2D eigenvalue weighted by molar-refractivity contribution is 0.0778. The molecule has 0 radical (unpaired) electrons. The molecule has 0 spiro atoms. The van der Waals surface area contributed by atoms with E-state index < -0.39 is 5.82 Å². The number of rotatable bonds is 5. The van der Waals surface area contributed by atoms with Gasteiger partial charge >= 0.3 is 0 Å². The van der Waals surface area contributed by atoms with E-state index in [0.29, 0.717) is 41.6 Å². The third-order valence-electron chi connectivity index (χ3n) is 6.28. The Morgan fingerprint density at radius 2 is 1.86 bits per heavy atom. The molecule has 2 aromatic heterocycles. The summed E-state index contributed by atoms with van der Waals surface area (Å²) in [5.41, 5.74) is 2.82. The predicted octanol–water partition coefficient (Wildman–Crippen LogP) is 4.08. The van der Waals surface area contributed by atoms with Crippen LogP contribution in [0.4, 0.5) is 4.39 Å². The fourth-order valence-electron chi connectivity index (χ4n) is 4.17. The second-order valence-electron chi connectivity index (χ2n) is 8.82. The molecule has 5 rings (SSSR count). The number of likely N-dealkylation sites (tertiary alicyclic amines) is 1. The van der Waals surface area contributed by atoms with Crippen LogP contribution in [-0.2, 0) is 0 Å². The highest BCUT2D eigenvalue weighted by molar-refractivity contribution is 5.95. The summed E-state index contributed by atoms with van der Waals surface area (Å²) in [6.07, 6.45) is 2.44. The zero-order valence-electron chi connectivity index (χ0n) is 19.8. The molecular formula is C26H25FN6O2. The topological polar surface area (TPSA) is 88.3 Å². The van der Waals surface area contributed by atoms with Crippen LogP contribution >= 0.6 is 0 Å². The molecule has 0 aliphatic carbocycles. The Labute approximate surface area is 202 Å². The molecule has 0 N–H and O–H groups in total. The summed E-state index contributed by atoms with van der Waals surface area (Å²) in [7, 11) is 3.98. The first-order valence-corrected chi connectivity index (χ1v) is 11.4. The molecule has 178 valence electrons. The van der Waals surface area contributed by atoms with Crippen molar-refractivity contribution in [3.05, 3.63) is 71.8 Å². The van der Waals surface area contributed by atoms with E-state index in [1.54, 1.807) is 24.1 Å². The van der Waals surface area contributed by atoms with E-state index in [9.17, 15) is 4.79 Å². The fraction of sp³-hybridized carbons (Fsp3) is 0.269. The number of benzene rings is 2. The summed E-state index contributed by atoms with van der Waals surface area (Å²) in [5.74, 6) is -0.283. The number of likely N-dealkylation sites (N-methyl/N-ethyl adjacent to an activating group) is 1. The Bertz CT molecular complexity index is 1370. The zero-order chi connectivity index (χ0) is 24.5. The lowest BCUT2D eigenvalue weighted by Crippen LogP contribution is -2.34. The molecule has 1 amide bonds.